The number of carbonyl (C=O) groups excluding carboxylic acids is 1. The van der Waals surface area contributed by atoms with Crippen LogP contribution in [0.25, 0.3) is 0 Å². The van der Waals surface area contributed by atoms with E-state index < -0.39 is 23.8 Å². The van der Waals surface area contributed by atoms with Gasteiger partial charge in [0.1, 0.15) is 0 Å². The molecule has 0 amide bonds. The Kier molecular flexibility index (Phi) is 4.99. The van der Waals surface area contributed by atoms with Crippen molar-refractivity contribution in [2.75, 3.05) is 0 Å². The van der Waals surface area contributed by atoms with Gasteiger partial charge in [0.25, 0.3) is 0 Å². The third-order valence-corrected chi connectivity index (χ3v) is 2.37. The van der Waals surface area contributed by atoms with Crippen molar-refractivity contribution in [2.24, 2.45) is 0 Å². The number of ether oxygens (including phenoxy) is 1. The predicted octanol–water partition coefficient (Wildman–Crippen LogP) is 3.66. The van der Waals surface area contributed by atoms with E-state index >= 15 is 0 Å². The first-order valence-corrected chi connectivity index (χ1v) is 5.69. The number of alkyl halides is 3. The Bertz CT molecular complexity index is 492. The number of esters is 1. The van der Waals surface area contributed by atoms with Crippen molar-refractivity contribution in [2.45, 2.75) is 32.5 Å². The molecule has 0 saturated heterocycles. The molecule has 1 atom stereocenters. The number of rotatable bonds is 3. The van der Waals surface area contributed by atoms with Crippen LogP contribution in [0, 0.1) is 11.8 Å². The number of hydrogen-bond donors (Lipinski definition) is 0. The Balaban J connectivity index is 2.80. The van der Waals surface area contributed by atoms with Gasteiger partial charge in [0.2, 0.25) is 0 Å². The Morgan fingerprint density at radius 2 is 1.89 bits per heavy atom. The second-order valence-corrected chi connectivity index (χ2v) is 3.77. The van der Waals surface area contributed by atoms with Gasteiger partial charge in [-0.1, -0.05) is 12.8 Å². The minimum atomic E-state index is -4.41. The van der Waals surface area contributed by atoms with Gasteiger partial charge in [-0.25, -0.2) is 4.79 Å². The van der Waals surface area contributed by atoms with Gasteiger partial charge in [-0.05, 0) is 37.6 Å². The predicted molar refractivity (Wildman–Crippen MR) is 64.4 cm³/mol. The number of benzene rings is 1. The molecule has 0 bridgehead atoms. The fourth-order valence-electron chi connectivity index (χ4n) is 1.37. The molecule has 0 heterocycles. The molecule has 5 heteroatoms. The Labute approximate surface area is 109 Å². The highest BCUT2D eigenvalue weighted by Crippen LogP contribution is 2.29. The highest BCUT2D eigenvalue weighted by atomic mass is 19.4. The molecular formula is C14H13F3O2. The third kappa shape index (κ3) is 4.32. The van der Waals surface area contributed by atoms with E-state index in [1.807, 2.05) is 0 Å². The van der Waals surface area contributed by atoms with Crippen LogP contribution in [0.3, 0.4) is 0 Å². The van der Waals surface area contributed by atoms with Gasteiger partial charge in [0.15, 0.2) is 6.10 Å². The second kappa shape index (κ2) is 6.28. The molecule has 1 unspecified atom stereocenters. The molecule has 1 aromatic carbocycles. The van der Waals surface area contributed by atoms with Crippen LogP contribution in [-0.2, 0) is 10.9 Å². The van der Waals surface area contributed by atoms with E-state index in [4.69, 9.17) is 4.74 Å². The molecule has 0 aliphatic heterocycles. The van der Waals surface area contributed by atoms with Crippen molar-refractivity contribution in [3.8, 4) is 11.8 Å². The van der Waals surface area contributed by atoms with Crippen LogP contribution in [-0.4, -0.2) is 12.1 Å². The van der Waals surface area contributed by atoms with E-state index in [1.54, 1.807) is 13.8 Å². The van der Waals surface area contributed by atoms with Gasteiger partial charge in [0.05, 0.1) is 11.1 Å². The quantitative estimate of drug-likeness (QED) is 0.619. The molecular weight excluding hydrogens is 257 g/mol. The SMILES string of the molecule is CC#CC(CC)OC(=O)c1ccc(C(F)(F)F)cc1. The molecule has 0 aliphatic rings. The largest absolute Gasteiger partial charge is 0.446 e. The highest BCUT2D eigenvalue weighted by molar-refractivity contribution is 5.89. The van der Waals surface area contributed by atoms with Gasteiger partial charge in [0, 0.05) is 0 Å². The zero-order valence-corrected chi connectivity index (χ0v) is 10.5. The Morgan fingerprint density at radius 3 is 2.32 bits per heavy atom. The van der Waals surface area contributed by atoms with Crippen molar-refractivity contribution >= 4 is 5.97 Å². The molecule has 0 N–H and O–H groups in total. The minimum Gasteiger partial charge on any atom is -0.446 e. The van der Waals surface area contributed by atoms with Crippen molar-refractivity contribution in [3.05, 3.63) is 35.4 Å². The van der Waals surface area contributed by atoms with Crippen LogP contribution in [0.4, 0.5) is 13.2 Å². The maximum atomic E-state index is 12.4. The summed E-state index contributed by atoms with van der Waals surface area (Å²) in [5.41, 5.74) is -0.728. The van der Waals surface area contributed by atoms with Crippen molar-refractivity contribution < 1.29 is 22.7 Å². The van der Waals surface area contributed by atoms with E-state index in [0.717, 1.165) is 24.3 Å². The molecule has 1 aromatic rings. The summed E-state index contributed by atoms with van der Waals surface area (Å²) in [7, 11) is 0. The lowest BCUT2D eigenvalue weighted by Gasteiger charge is -2.11. The molecule has 0 saturated carbocycles. The Hall–Kier alpha value is -1.96. The molecule has 19 heavy (non-hydrogen) atoms. The van der Waals surface area contributed by atoms with E-state index in [1.165, 1.54) is 0 Å². The molecule has 1 rings (SSSR count). The molecule has 0 radical (unpaired) electrons. The monoisotopic (exact) mass is 270 g/mol. The second-order valence-electron chi connectivity index (χ2n) is 3.77. The summed E-state index contributed by atoms with van der Waals surface area (Å²) in [4.78, 5) is 11.7. The van der Waals surface area contributed by atoms with Gasteiger partial charge in [-0.3, -0.25) is 0 Å². The molecule has 2 nitrogen and oxygen atoms in total. The minimum absolute atomic E-state index is 0.0735. The van der Waals surface area contributed by atoms with Crippen LogP contribution in [0.5, 0.6) is 0 Å². The lowest BCUT2D eigenvalue weighted by Crippen LogP contribution is -2.16. The average Bonchev–Trinajstić information content (AvgIpc) is 2.37. The maximum absolute atomic E-state index is 12.4. The van der Waals surface area contributed by atoms with Gasteiger partial charge in [-0.2, -0.15) is 13.2 Å². The van der Waals surface area contributed by atoms with Crippen LogP contribution in [0.15, 0.2) is 24.3 Å². The summed E-state index contributed by atoms with van der Waals surface area (Å²) >= 11 is 0. The summed E-state index contributed by atoms with van der Waals surface area (Å²) in [5.74, 6) is 4.65. The normalized spacial score (nSPS) is 12.3. The molecule has 102 valence electrons. The summed E-state index contributed by atoms with van der Waals surface area (Å²) in [6, 6.07) is 3.89. The van der Waals surface area contributed by atoms with Crippen molar-refractivity contribution in [1.29, 1.82) is 0 Å². The van der Waals surface area contributed by atoms with Gasteiger partial charge in [-0.15, -0.1) is 5.92 Å². The Morgan fingerprint density at radius 1 is 1.32 bits per heavy atom. The van der Waals surface area contributed by atoms with Crippen LogP contribution >= 0.6 is 0 Å². The third-order valence-electron chi connectivity index (χ3n) is 2.37. The lowest BCUT2D eigenvalue weighted by atomic mass is 10.1. The molecule has 0 aromatic heterocycles. The van der Waals surface area contributed by atoms with E-state index in [-0.39, 0.29) is 5.56 Å². The van der Waals surface area contributed by atoms with Gasteiger partial charge >= 0.3 is 12.1 Å². The fraction of sp³-hybridized carbons (Fsp3) is 0.357. The van der Waals surface area contributed by atoms with Crippen LogP contribution in [0.2, 0.25) is 0 Å². The fourth-order valence-corrected chi connectivity index (χ4v) is 1.37. The van der Waals surface area contributed by atoms with Gasteiger partial charge < -0.3 is 4.74 Å². The van der Waals surface area contributed by atoms with Crippen LogP contribution in [0.1, 0.15) is 36.2 Å². The van der Waals surface area contributed by atoms with Crippen LogP contribution < -0.4 is 0 Å². The maximum Gasteiger partial charge on any atom is 0.416 e. The molecule has 0 fully saturated rings. The first-order valence-electron chi connectivity index (χ1n) is 5.69. The van der Waals surface area contributed by atoms with Crippen molar-refractivity contribution in [3.63, 3.8) is 0 Å². The van der Waals surface area contributed by atoms with E-state index in [0.29, 0.717) is 6.42 Å². The van der Waals surface area contributed by atoms with E-state index in [2.05, 4.69) is 11.8 Å². The summed E-state index contributed by atoms with van der Waals surface area (Å²) in [6.07, 6.45) is -4.44. The zero-order chi connectivity index (χ0) is 14.5. The lowest BCUT2D eigenvalue weighted by molar-refractivity contribution is -0.137. The standard InChI is InChI=1S/C14H13F3O2/c1-3-5-12(4-2)19-13(18)10-6-8-11(9-7-10)14(15,16)17/h6-9,12H,4H2,1-2H3. The summed E-state index contributed by atoms with van der Waals surface area (Å²) < 4.78 is 42.1. The first-order chi connectivity index (χ1) is 8.88. The smallest absolute Gasteiger partial charge is 0.416 e. The summed E-state index contributed by atoms with van der Waals surface area (Å²) in [6.45, 7) is 3.42. The number of hydrogen-bond acceptors (Lipinski definition) is 2. The molecule has 0 aliphatic carbocycles. The summed E-state index contributed by atoms with van der Waals surface area (Å²) in [5, 5.41) is 0. The highest BCUT2D eigenvalue weighted by Gasteiger charge is 2.30. The average molecular weight is 270 g/mol. The topological polar surface area (TPSA) is 26.3 Å². The first kappa shape index (κ1) is 15.1. The van der Waals surface area contributed by atoms with Crippen molar-refractivity contribution in [1.82, 2.24) is 0 Å². The zero-order valence-electron chi connectivity index (χ0n) is 10.5. The number of halogens is 3. The van der Waals surface area contributed by atoms with E-state index in [9.17, 15) is 18.0 Å². The number of carbonyl (C=O) groups is 1. The molecule has 0 spiro atoms.